The summed E-state index contributed by atoms with van der Waals surface area (Å²) in [6, 6.07) is 0.126. The fourth-order valence-electron chi connectivity index (χ4n) is 2.66. The van der Waals surface area contributed by atoms with Crippen LogP contribution in [0.5, 0.6) is 0 Å². The minimum atomic E-state index is -0.894. The van der Waals surface area contributed by atoms with E-state index in [9.17, 15) is 9.59 Å². The average molecular weight is 299 g/mol. The van der Waals surface area contributed by atoms with Gasteiger partial charge in [0.2, 0.25) is 5.91 Å². The molecule has 0 aromatic carbocycles. The average Bonchev–Trinajstić information content (AvgIpc) is 2.43. The lowest BCUT2D eigenvalue weighted by atomic mass is 10.0. The van der Waals surface area contributed by atoms with E-state index in [2.05, 4.69) is 29.4 Å². The van der Waals surface area contributed by atoms with Crippen LogP contribution in [0, 0.1) is 0 Å². The van der Waals surface area contributed by atoms with E-state index in [1.807, 2.05) is 6.92 Å². The minimum Gasteiger partial charge on any atom is -0.480 e. The van der Waals surface area contributed by atoms with E-state index in [-0.39, 0.29) is 18.5 Å². The Balaban J connectivity index is 2.26. The number of hydrogen-bond donors (Lipinski definition) is 3. The first-order chi connectivity index (χ1) is 9.93. The van der Waals surface area contributed by atoms with Crippen LogP contribution < -0.4 is 10.6 Å². The molecule has 0 aromatic rings. The van der Waals surface area contributed by atoms with Crippen LogP contribution in [0.3, 0.4) is 0 Å². The smallest absolute Gasteiger partial charge is 0.320 e. The monoisotopic (exact) mass is 299 g/mol. The highest BCUT2D eigenvalue weighted by Crippen LogP contribution is 2.12. The third-order valence-electron chi connectivity index (χ3n) is 4.01. The molecular formula is C15H29N3O3. The molecule has 1 saturated heterocycles. The zero-order chi connectivity index (χ0) is 15.8. The maximum absolute atomic E-state index is 11.9. The normalized spacial score (nSPS) is 18.7. The lowest BCUT2D eigenvalue weighted by Crippen LogP contribution is -2.49. The molecule has 21 heavy (non-hydrogen) atoms. The molecule has 1 amide bonds. The van der Waals surface area contributed by atoms with Gasteiger partial charge in [0.05, 0.1) is 6.54 Å². The van der Waals surface area contributed by atoms with Crippen molar-refractivity contribution < 1.29 is 14.7 Å². The molecule has 1 fully saturated rings. The van der Waals surface area contributed by atoms with Crippen molar-refractivity contribution in [3.8, 4) is 0 Å². The Morgan fingerprint density at radius 1 is 1.29 bits per heavy atom. The van der Waals surface area contributed by atoms with Crippen molar-refractivity contribution in [2.45, 2.75) is 64.6 Å². The summed E-state index contributed by atoms with van der Waals surface area (Å²) >= 11 is 0. The number of likely N-dealkylation sites (tertiary alicyclic amines) is 1. The zero-order valence-electron chi connectivity index (χ0n) is 13.4. The number of rotatable bonds is 8. The second-order valence-corrected chi connectivity index (χ2v) is 6.03. The van der Waals surface area contributed by atoms with Gasteiger partial charge in [0.1, 0.15) is 6.04 Å². The fourth-order valence-corrected chi connectivity index (χ4v) is 2.66. The molecule has 0 aliphatic carbocycles. The van der Waals surface area contributed by atoms with E-state index in [1.165, 1.54) is 0 Å². The highest BCUT2D eigenvalue weighted by Gasteiger charge is 2.22. The Kier molecular flexibility index (Phi) is 7.67. The molecule has 6 heteroatoms. The van der Waals surface area contributed by atoms with E-state index >= 15 is 0 Å². The summed E-state index contributed by atoms with van der Waals surface area (Å²) in [6.07, 6.45) is 3.23. The highest BCUT2D eigenvalue weighted by atomic mass is 16.4. The van der Waals surface area contributed by atoms with Crippen molar-refractivity contribution in [2.24, 2.45) is 0 Å². The van der Waals surface area contributed by atoms with Crippen molar-refractivity contribution in [1.82, 2.24) is 15.5 Å². The topological polar surface area (TPSA) is 81.7 Å². The number of nitrogens with one attached hydrogen (secondary N) is 2. The molecule has 1 atom stereocenters. The number of carbonyl (C=O) groups excluding carboxylic acids is 1. The van der Waals surface area contributed by atoms with Crippen molar-refractivity contribution in [3.63, 3.8) is 0 Å². The van der Waals surface area contributed by atoms with Crippen LogP contribution in [0.1, 0.15) is 46.5 Å². The third kappa shape index (κ3) is 6.44. The summed E-state index contributed by atoms with van der Waals surface area (Å²) in [5.74, 6) is -1.00. The number of aliphatic carboxylic acids is 1. The quantitative estimate of drug-likeness (QED) is 0.618. The van der Waals surface area contributed by atoms with E-state index in [4.69, 9.17) is 5.11 Å². The predicted molar refractivity (Wildman–Crippen MR) is 82.2 cm³/mol. The van der Waals surface area contributed by atoms with Gasteiger partial charge in [0, 0.05) is 25.2 Å². The summed E-state index contributed by atoms with van der Waals surface area (Å²) in [4.78, 5) is 25.3. The Bertz CT molecular complexity index is 339. The highest BCUT2D eigenvalue weighted by molar-refractivity contribution is 5.80. The summed E-state index contributed by atoms with van der Waals surface area (Å²) in [6.45, 7) is 8.38. The summed E-state index contributed by atoms with van der Waals surface area (Å²) in [5, 5.41) is 14.8. The largest absolute Gasteiger partial charge is 0.480 e. The fraction of sp³-hybridized carbons (Fsp3) is 0.867. The molecule has 0 aromatic heterocycles. The number of carboxylic acid groups (broad SMARTS) is 1. The van der Waals surface area contributed by atoms with Crippen LogP contribution in [0.2, 0.25) is 0 Å². The van der Waals surface area contributed by atoms with Crippen LogP contribution >= 0.6 is 0 Å². The summed E-state index contributed by atoms with van der Waals surface area (Å²) < 4.78 is 0. The van der Waals surface area contributed by atoms with E-state index in [1.54, 1.807) is 0 Å². The van der Waals surface area contributed by atoms with Gasteiger partial charge in [-0.1, -0.05) is 13.3 Å². The van der Waals surface area contributed by atoms with Gasteiger partial charge in [-0.25, -0.2) is 0 Å². The number of piperidine rings is 1. The number of carboxylic acids is 1. The van der Waals surface area contributed by atoms with Crippen molar-refractivity contribution in [1.29, 1.82) is 0 Å². The lowest BCUT2D eigenvalue weighted by molar-refractivity contribution is -0.139. The first kappa shape index (κ1) is 17.9. The lowest BCUT2D eigenvalue weighted by Gasteiger charge is -2.34. The van der Waals surface area contributed by atoms with Crippen molar-refractivity contribution in [3.05, 3.63) is 0 Å². The van der Waals surface area contributed by atoms with Gasteiger partial charge >= 0.3 is 5.97 Å². The van der Waals surface area contributed by atoms with Crippen LogP contribution in [0.25, 0.3) is 0 Å². The maximum Gasteiger partial charge on any atom is 0.320 e. The molecule has 1 aliphatic heterocycles. The van der Waals surface area contributed by atoms with Gasteiger partial charge in [0.25, 0.3) is 0 Å². The Morgan fingerprint density at radius 3 is 2.38 bits per heavy atom. The zero-order valence-corrected chi connectivity index (χ0v) is 13.4. The maximum atomic E-state index is 11.9. The van der Waals surface area contributed by atoms with Gasteiger partial charge in [0.15, 0.2) is 0 Å². The number of carbonyl (C=O) groups is 2. The van der Waals surface area contributed by atoms with Crippen LogP contribution in [-0.2, 0) is 9.59 Å². The number of hydrogen-bond acceptors (Lipinski definition) is 4. The van der Waals surface area contributed by atoms with E-state index in [0.29, 0.717) is 12.5 Å². The number of nitrogens with zero attached hydrogens (tertiary/aromatic N) is 1. The molecule has 1 unspecified atom stereocenters. The molecule has 0 bridgehead atoms. The molecule has 3 N–H and O–H groups in total. The molecule has 0 spiro atoms. The first-order valence-corrected chi connectivity index (χ1v) is 7.93. The molecule has 6 nitrogen and oxygen atoms in total. The van der Waals surface area contributed by atoms with Crippen LogP contribution in [-0.4, -0.2) is 59.6 Å². The Hall–Kier alpha value is -1.14. The molecule has 1 aliphatic rings. The SMILES string of the molecule is CCCC(NCC(=O)NC1CCN(C(C)C)CC1)C(=O)O. The van der Waals surface area contributed by atoms with Crippen LogP contribution in [0.15, 0.2) is 0 Å². The second-order valence-electron chi connectivity index (χ2n) is 6.03. The Morgan fingerprint density at radius 2 is 1.90 bits per heavy atom. The van der Waals surface area contributed by atoms with Gasteiger partial charge in [-0.3, -0.25) is 14.9 Å². The molecule has 122 valence electrons. The van der Waals surface area contributed by atoms with Gasteiger partial charge in [-0.2, -0.15) is 0 Å². The number of amides is 1. The third-order valence-corrected chi connectivity index (χ3v) is 4.01. The van der Waals surface area contributed by atoms with Gasteiger partial charge in [-0.15, -0.1) is 0 Å². The minimum absolute atomic E-state index is 0.0708. The Labute approximate surface area is 127 Å². The summed E-state index contributed by atoms with van der Waals surface area (Å²) in [5.41, 5.74) is 0. The van der Waals surface area contributed by atoms with E-state index < -0.39 is 12.0 Å². The first-order valence-electron chi connectivity index (χ1n) is 7.93. The standard InChI is InChI=1S/C15H29N3O3/c1-4-5-13(15(20)21)16-10-14(19)17-12-6-8-18(9-7-12)11(2)3/h11-13,16H,4-10H2,1-3H3,(H,17,19)(H,20,21). The molecule has 0 radical (unpaired) electrons. The van der Waals surface area contributed by atoms with Crippen molar-refractivity contribution in [2.75, 3.05) is 19.6 Å². The molecule has 0 saturated carbocycles. The van der Waals surface area contributed by atoms with Crippen LogP contribution in [0.4, 0.5) is 0 Å². The molecular weight excluding hydrogens is 270 g/mol. The van der Waals surface area contributed by atoms with Gasteiger partial charge in [-0.05, 0) is 33.1 Å². The molecule has 1 rings (SSSR count). The predicted octanol–water partition coefficient (Wildman–Crippen LogP) is 0.818. The second kappa shape index (κ2) is 9.00. The van der Waals surface area contributed by atoms with Crippen molar-refractivity contribution >= 4 is 11.9 Å². The summed E-state index contributed by atoms with van der Waals surface area (Å²) in [7, 11) is 0. The van der Waals surface area contributed by atoms with E-state index in [0.717, 1.165) is 32.4 Å². The molecule has 1 heterocycles. The van der Waals surface area contributed by atoms with Gasteiger partial charge < -0.3 is 15.3 Å².